The van der Waals surface area contributed by atoms with E-state index in [2.05, 4.69) is 0 Å². The fraction of sp³-hybridized carbons (Fsp3) is 0.333. The van der Waals surface area contributed by atoms with Crippen molar-refractivity contribution in [2.45, 2.75) is 12.5 Å². The summed E-state index contributed by atoms with van der Waals surface area (Å²) in [5.41, 5.74) is 5.81. The van der Waals surface area contributed by atoms with Gasteiger partial charge in [-0.25, -0.2) is 0 Å². The minimum atomic E-state index is -0.710. The van der Waals surface area contributed by atoms with Crippen LogP contribution < -0.4 is 5.73 Å². The summed E-state index contributed by atoms with van der Waals surface area (Å²) in [4.78, 5) is 0. The Labute approximate surface area is 72.4 Å². The van der Waals surface area contributed by atoms with Gasteiger partial charge < -0.3 is 15.9 Å². The number of halogens is 1. The third kappa shape index (κ3) is 1.43. The normalized spacial score (nSPS) is 26.6. The highest BCUT2D eigenvalue weighted by Crippen LogP contribution is 2.24. The van der Waals surface area contributed by atoms with Gasteiger partial charge in [0.15, 0.2) is 0 Å². The number of allylic oxidation sites excluding steroid dienone is 2. The lowest BCUT2D eigenvalue weighted by Gasteiger charge is -2.15. The molecule has 0 aliphatic heterocycles. The molecule has 1 aliphatic carbocycles. The van der Waals surface area contributed by atoms with E-state index in [0.717, 1.165) is 0 Å². The van der Waals surface area contributed by atoms with Crippen LogP contribution in [0.15, 0.2) is 21.1 Å². The van der Waals surface area contributed by atoms with Gasteiger partial charge >= 0.3 is 0 Å². The number of rotatable bonds is 0. The molecule has 10 heavy (non-hydrogen) atoms. The quantitative estimate of drug-likeness (QED) is 0.559. The van der Waals surface area contributed by atoms with Crippen LogP contribution in [0.3, 0.4) is 0 Å². The Hall–Kier alpha value is -0.230. The van der Waals surface area contributed by atoms with Crippen molar-refractivity contribution in [1.82, 2.24) is 0 Å². The summed E-state index contributed by atoms with van der Waals surface area (Å²) in [6, 6.07) is 0. The Morgan fingerprint density at radius 1 is 1.70 bits per heavy atom. The summed E-state index contributed by atoms with van der Waals surface area (Å²) in [5, 5.41) is 18.2. The van der Waals surface area contributed by atoms with Crippen molar-refractivity contribution in [3.05, 3.63) is 21.1 Å². The lowest BCUT2D eigenvalue weighted by molar-refractivity contribution is 0.186. The lowest BCUT2D eigenvalue weighted by Crippen LogP contribution is -2.21. The van der Waals surface area contributed by atoms with Crippen LogP contribution in [0.25, 0.3) is 0 Å². The number of aliphatic hydroxyl groups is 2. The summed E-state index contributed by atoms with van der Waals surface area (Å²) in [5.74, 6) is 0.210. The molecule has 0 saturated carbocycles. The van der Waals surface area contributed by atoms with Crippen LogP contribution >= 0.6 is 22.6 Å². The lowest BCUT2D eigenvalue weighted by atomic mass is 10.1. The fourth-order valence-electron chi connectivity index (χ4n) is 0.724. The zero-order chi connectivity index (χ0) is 7.72. The van der Waals surface area contributed by atoms with Gasteiger partial charge in [-0.2, -0.15) is 0 Å². The molecule has 0 amide bonds. The molecule has 0 heterocycles. The Morgan fingerprint density at radius 3 is 2.80 bits per heavy atom. The Kier molecular flexibility index (Phi) is 2.20. The molecule has 1 rings (SSSR count). The van der Waals surface area contributed by atoms with E-state index < -0.39 is 6.10 Å². The molecule has 0 spiro atoms. The molecule has 4 N–H and O–H groups in total. The average Bonchev–Trinajstić information content (AvgIpc) is 1.84. The second-order valence-electron chi connectivity index (χ2n) is 2.16. The SMILES string of the molecule is NC1=CC(I)=C(O)C[C@H]1O. The molecule has 0 unspecified atom stereocenters. The van der Waals surface area contributed by atoms with Gasteiger partial charge in [0, 0.05) is 12.1 Å². The molecule has 0 radical (unpaired) electrons. The van der Waals surface area contributed by atoms with Crippen LogP contribution in [0.2, 0.25) is 0 Å². The molecule has 4 heteroatoms. The van der Waals surface area contributed by atoms with E-state index >= 15 is 0 Å². The summed E-state index contributed by atoms with van der Waals surface area (Å²) in [6.45, 7) is 0. The molecule has 1 atom stereocenters. The summed E-state index contributed by atoms with van der Waals surface area (Å²) in [7, 11) is 0. The van der Waals surface area contributed by atoms with Crippen LogP contribution in [0.5, 0.6) is 0 Å². The highest BCUT2D eigenvalue weighted by Gasteiger charge is 2.16. The molecule has 1 aliphatic rings. The van der Waals surface area contributed by atoms with Gasteiger partial charge in [0.1, 0.15) is 11.9 Å². The number of nitrogens with two attached hydrogens (primary N) is 1. The molecular formula is C6H8INO2. The topological polar surface area (TPSA) is 66.5 Å². The van der Waals surface area contributed by atoms with Crippen molar-refractivity contribution < 1.29 is 10.2 Å². The minimum Gasteiger partial charge on any atom is -0.511 e. The standard InChI is InChI=1S/C6H8INO2/c7-3-1-4(8)6(10)2-5(3)9/h1,6,9-10H,2,8H2/t6-/m1/s1. The maximum absolute atomic E-state index is 9.08. The average molecular weight is 253 g/mol. The largest absolute Gasteiger partial charge is 0.511 e. The molecule has 56 valence electrons. The van der Waals surface area contributed by atoms with Crippen molar-refractivity contribution in [2.75, 3.05) is 0 Å². The fourth-order valence-corrected chi connectivity index (χ4v) is 1.30. The van der Waals surface area contributed by atoms with Crippen molar-refractivity contribution in [3.8, 4) is 0 Å². The number of aliphatic hydroxyl groups excluding tert-OH is 2. The first kappa shape index (κ1) is 7.87. The van der Waals surface area contributed by atoms with E-state index in [1.54, 1.807) is 6.08 Å². The predicted octanol–water partition coefficient (Wildman–Crippen LogP) is 0.798. The summed E-state index contributed by atoms with van der Waals surface area (Å²) < 4.78 is 0.709. The first-order valence-corrected chi connectivity index (χ1v) is 3.92. The molecule has 0 aromatic heterocycles. The van der Waals surface area contributed by atoms with Gasteiger partial charge in [-0.3, -0.25) is 0 Å². The first-order chi connectivity index (χ1) is 4.61. The first-order valence-electron chi connectivity index (χ1n) is 2.84. The molecule has 0 bridgehead atoms. The Balaban J connectivity index is 2.88. The van der Waals surface area contributed by atoms with Crippen molar-refractivity contribution in [3.63, 3.8) is 0 Å². The third-order valence-electron chi connectivity index (χ3n) is 1.34. The van der Waals surface area contributed by atoms with Crippen LogP contribution in [-0.2, 0) is 0 Å². The van der Waals surface area contributed by atoms with E-state index in [1.165, 1.54) is 0 Å². The van der Waals surface area contributed by atoms with E-state index in [9.17, 15) is 0 Å². The third-order valence-corrected chi connectivity index (χ3v) is 2.27. The minimum absolute atomic E-state index is 0.210. The van der Waals surface area contributed by atoms with E-state index in [0.29, 0.717) is 9.28 Å². The second-order valence-corrected chi connectivity index (χ2v) is 3.32. The zero-order valence-corrected chi connectivity index (χ0v) is 7.37. The number of hydrogen-bond acceptors (Lipinski definition) is 3. The molecule has 3 nitrogen and oxygen atoms in total. The number of hydrogen-bond donors (Lipinski definition) is 3. The van der Waals surface area contributed by atoms with Crippen LogP contribution in [0.4, 0.5) is 0 Å². The molecule has 0 aromatic rings. The molecule has 0 aromatic carbocycles. The van der Waals surface area contributed by atoms with Crippen molar-refractivity contribution in [1.29, 1.82) is 0 Å². The highest BCUT2D eigenvalue weighted by molar-refractivity contribution is 14.1. The van der Waals surface area contributed by atoms with E-state index in [4.69, 9.17) is 15.9 Å². The monoisotopic (exact) mass is 253 g/mol. The van der Waals surface area contributed by atoms with Crippen molar-refractivity contribution >= 4 is 22.6 Å². The molecular weight excluding hydrogens is 245 g/mol. The van der Waals surface area contributed by atoms with Crippen molar-refractivity contribution in [2.24, 2.45) is 5.73 Å². The maximum atomic E-state index is 9.08. The van der Waals surface area contributed by atoms with E-state index in [1.807, 2.05) is 22.6 Å². The molecule has 0 saturated heterocycles. The van der Waals surface area contributed by atoms with Gasteiger partial charge in [0.05, 0.1) is 3.58 Å². The van der Waals surface area contributed by atoms with Gasteiger partial charge in [-0.05, 0) is 28.7 Å². The van der Waals surface area contributed by atoms with Crippen LogP contribution in [0, 0.1) is 0 Å². The zero-order valence-electron chi connectivity index (χ0n) is 5.21. The summed E-state index contributed by atoms with van der Waals surface area (Å²) >= 11 is 1.97. The van der Waals surface area contributed by atoms with Crippen LogP contribution in [-0.4, -0.2) is 16.3 Å². The highest BCUT2D eigenvalue weighted by atomic mass is 127. The Bertz CT molecular complexity index is 210. The smallest absolute Gasteiger partial charge is 0.109 e. The van der Waals surface area contributed by atoms with Gasteiger partial charge in [-0.1, -0.05) is 0 Å². The second kappa shape index (κ2) is 2.79. The summed E-state index contributed by atoms with van der Waals surface area (Å²) in [6.07, 6.45) is 1.10. The Morgan fingerprint density at radius 2 is 2.30 bits per heavy atom. The van der Waals surface area contributed by atoms with E-state index in [-0.39, 0.29) is 12.2 Å². The van der Waals surface area contributed by atoms with Gasteiger partial charge in [0.2, 0.25) is 0 Å². The van der Waals surface area contributed by atoms with Gasteiger partial charge in [-0.15, -0.1) is 0 Å². The molecule has 0 fully saturated rings. The predicted molar refractivity (Wildman–Crippen MR) is 46.6 cm³/mol. The van der Waals surface area contributed by atoms with Crippen LogP contribution in [0.1, 0.15) is 6.42 Å². The van der Waals surface area contributed by atoms with Gasteiger partial charge in [0.25, 0.3) is 0 Å². The maximum Gasteiger partial charge on any atom is 0.109 e.